The normalized spacial score (nSPS) is 41.4. The average molecular weight is 517 g/mol. The van der Waals surface area contributed by atoms with Crippen LogP contribution in [0.3, 0.4) is 0 Å². The molecule has 2 bridgehead atoms. The zero-order valence-electron chi connectivity index (χ0n) is 23.8. The molecule has 0 saturated heterocycles. The van der Waals surface area contributed by atoms with Crippen LogP contribution in [0.4, 0.5) is 0 Å². The van der Waals surface area contributed by atoms with E-state index in [1.807, 2.05) is 13.8 Å². The summed E-state index contributed by atoms with van der Waals surface area (Å²) in [5, 5.41) is 34.3. The lowest BCUT2D eigenvalue weighted by atomic mass is 9.59. The van der Waals surface area contributed by atoms with Crippen LogP contribution >= 0.6 is 0 Å². The van der Waals surface area contributed by atoms with Gasteiger partial charge in [0.1, 0.15) is 6.10 Å². The third-order valence-corrected chi connectivity index (χ3v) is 10.6. The monoisotopic (exact) mass is 516 g/mol. The molecule has 10 atom stereocenters. The second kappa shape index (κ2) is 9.91. The van der Waals surface area contributed by atoms with Crippen molar-refractivity contribution in [2.24, 2.45) is 46.3 Å². The summed E-state index contributed by atoms with van der Waals surface area (Å²) in [6.45, 7) is 13.9. The summed E-state index contributed by atoms with van der Waals surface area (Å²) >= 11 is 0. The summed E-state index contributed by atoms with van der Waals surface area (Å²) in [6.07, 6.45) is 6.54. The number of hydrogen-bond acceptors (Lipinski definition) is 6. The minimum atomic E-state index is -2.07. The topological polar surface area (TPSA) is 104 Å². The van der Waals surface area contributed by atoms with Gasteiger partial charge in [-0.05, 0) is 60.0 Å². The molecule has 0 aliphatic heterocycles. The first kappa shape index (κ1) is 28.5. The quantitative estimate of drug-likeness (QED) is 0.305. The van der Waals surface area contributed by atoms with Crippen molar-refractivity contribution in [2.45, 2.75) is 105 Å². The molecule has 1 spiro atoms. The van der Waals surface area contributed by atoms with Crippen LogP contribution in [-0.2, 0) is 14.3 Å². The Labute approximate surface area is 222 Å². The highest BCUT2D eigenvalue weighted by molar-refractivity contribution is 5.95. The Hall–Kier alpha value is -1.50. The molecule has 4 aliphatic rings. The number of allylic oxidation sites excluding steroid dienone is 1. The van der Waals surface area contributed by atoms with Crippen LogP contribution in [0.1, 0.15) is 87.0 Å². The molecule has 6 heteroatoms. The predicted molar refractivity (Wildman–Crippen MR) is 142 cm³/mol. The van der Waals surface area contributed by atoms with Gasteiger partial charge in [-0.3, -0.25) is 9.59 Å². The highest BCUT2D eigenvalue weighted by Crippen LogP contribution is 2.71. The Morgan fingerprint density at radius 3 is 2.51 bits per heavy atom. The van der Waals surface area contributed by atoms with Crippen LogP contribution in [0.5, 0.6) is 0 Å². The molecule has 0 aromatic rings. The van der Waals surface area contributed by atoms with Crippen molar-refractivity contribution in [1.29, 1.82) is 0 Å². The molecule has 6 nitrogen and oxygen atoms in total. The van der Waals surface area contributed by atoms with Gasteiger partial charge in [0.05, 0.1) is 17.9 Å². The Kier molecular flexibility index (Phi) is 7.64. The van der Waals surface area contributed by atoms with Gasteiger partial charge in [-0.25, -0.2) is 0 Å². The molecule has 0 heterocycles. The highest BCUT2D eigenvalue weighted by Gasteiger charge is 2.76. The van der Waals surface area contributed by atoms with Crippen molar-refractivity contribution in [3.05, 3.63) is 23.3 Å². The van der Waals surface area contributed by atoms with E-state index in [1.54, 1.807) is 19.1 Å². The van der Waals surface area contributed by atoms with Gasteiger partial charge < -0.3 is 20.1 Å². The lowest BCUT2D eigenvalue weighted by Gasteiger charge is -2.49. The van der Waals surface area contributed by atoms with Crippen molar-refractivity contribution in [3.63, 3.8) is 0 Å². The first-order valence-corrected chi connectivity index (χ1v) is 14.4. The fourth-order valence-electron chi connectivity index (χ4n) is 8.35. The van der Waals surface area contributed by atoms with E-state index in [4.69, 9.17) is 4.74 Å². The van der Waals surface area contributed by atoms with Gasteiger partial charge in [0.15, 0.2) is 17.5 Å². The van der Waals surface area contributed by atoms with Gasteiger partial charge in [0.2, 0.25) is 0 Å². The lowest BCUT2D eigenvalue weighted by Crippen LogP contribution is -2.66. The lowest BCUT2D eigenvalue weighted by molar-refractivity contribution is -0.205. The molecule has 0 amide bonds. The molecule has 3 N–H and O–H groups in total. The molecule has 10 unspecified atom stereocenters. The Morgan fingerprint density at radius 1 is 1.22 bits per heavy atom. The summed E-state index contributed by atoms with van der Waals surface area (Å²) in [7, 11) is 0. The zero-order valence-corrected chi connectivity index (χ0v) is 23.8. The maximum atomic E-state index is 14.4. The van der Waals surface area contributed by atoms with E-state index in [-0.39, 0.29) is 34.5 Å². The van der Waals surface area contributed by atoms with E-state index in [0.29, 0.717) is 23.8 Å². The maximum absolute atomic E-state index is 14.4. The van der Waals surface area contributed by atoms with Crippen LogP contribution in [0.25, 0.3) is 0 Å². The molecular formula is C31H48O6. The zero-order chi connectivity index (χ0) is 27.5. The molecule has 4 rings (SSSR count). The van der Waals surface area contributed by atoms with E-state index in [1.165, 1.54) is 6.42 Å². The highest BCUT2D eigenvalue weighted by atomic mass is 16.6. The van der Waals surface area contributed by atoms with Crippen LogP contribution in [0.15, 0.2) is 23.3 Å². The molecule has 37 heavy (non-hydrogen) atoms. The number of esters is 1. The van der Waals surface area contributed by atoms with Crippen LogP contribution < -0.4 is 0 Å². The van der Waals surface area contributed by atoms with Crippen molar-refractivity contribution in [3.8, 4) is 0 Å². The number of rotatable bonds is 9. The van der Waals surface area contributed by atoms with Crippen molar-refractivity contribution in [1.82, 2.24) is 0 Å². The molecule has 2 fully saturated rings. The number of aliphatic hydroxyl groups excluding tert-OH is 2. The summed E-state index contributed by atoms with van der Waals surface area (Å²) in [6, 6.07) is 0. The molecule has 208 valence electrons. The van der Waals surface area contributed by atoms with Crippen LogP contribution in [0.2, 0.25) is 0 Å². The first-order valence-electron chi connectivity index (χ1n) is 14.4. The molecule has 0 aromatic heterocycles. The second-order valence-corrected chi connectivity index (χ2v) is 13.4. The molecule has 4 aliphatic carbocycles. The summed E-state index contributed by atoms with van der Waals surface area (Å²) < 4.78 is 6.01. The fraction of sp³-hybridized carbons (Fsp3) is 0.806. The van der Waals surface area contributed by atoms with Crippen molar-refractivity contribution < 1.29 is 29.6 Å². The number of carbonyl (C=O) groups excluding carboxylic acids is 2. The third-order valence-electron chi connectivity index (χ3n) is 10.6. The molecule has 2 saturated carbocycles. The molecule has 0 aromatic carbocycles. The summed E-state index contributed by atoms with van der Waals surface area (Å²) in [4.78, 5) is 27.6. The standard InChI is InChI=1S/C31H48O6/c1-8-10-17(2)11-9-12-18(3)28(35)37-27-19(4)15-30-20(5)13-23-24(29(23,6)7)22(26(30)34)14-21(16-32)25(33)31(27,30)36/h14-15,17-18,20,22-25,27,32-33,36H,8-13,16H2,1-7H3. The van der Waals surface area contributed by atoms with Crippen LogP contribution in [-0.4, -0.2) is 51.5 Å². The predicted octanol–water partition coefficient (Wildman–Crippen LogP) is 4.61. The minimum absolute atomic E-state index is 0.0199. The van der Waals surface area contributed by atoms with Gasteiger partial charge in [-0.2, -0.15) is 0 Å². The van der Waals surface area contributed by atoms with Crippen molar-refractivity contribution >= 4 is 11.8 Å². The van der Waals surface area contributed by atoms with Gasteiger partial charge >= 0.3 is 5.97 Å². The first-order chi connectivity index (χ1) is 17.3. The number of ketones is 1. The van der Waals surface area contributed by atoms with Crippen molar-refractivity contribution in [2.75, 3.05) is 6.61 Å². The third kappa shape index (κ3) is 4.17. The van der Waals surface area contributed by atoms with Gasteiger partial charge in [-0.1, -0.05) is 79.4 Å². The Bertz CT molecular complexity index is 980. The van der Waals surface area contributed by atoms with E-state index in [0.717, 1.165) is 25.7 Å². The largest absolute Gasteiger partial charge is 0.454 e. The number of fused-ring (bicyclic) bond motifs is 3. The van der Waals surface area contributed by atoms with Gasteiger partial charge in [0, 0.05) is 5.92 Å². The molecular weight excluding hydrogens is 468 g/mol. The van der Waals surface area contributed by atoms with E-state index in [2.05, 4.69) is 27.7 Å². The van der Waals surface area contributed by atoms with E-state index < -0.39 is 41.7 Å². The number of Topliss-reactive ketones (excluding diaryl/α,β-unsaturated/α-hetero) is 1. The van der Waals surface area contributed by atoms with Crippen LogP contribution in [0, 0.1) is 46.3 Å². The van der Waals surface area contributed by atoms with Gasteiger partial charge in [-0.15, -0.1) is 0 Å². The maximum Gasteiger partial charge on any atom is 0.309 e. The van der Waals surface area contributed by atoms with Gasteiger partial charge in [0.25, 0.3) is 0 Å². The molecule has 0 radical (unpaired) electrons. The number of hydrogen-bond donors (Lipinski definition) is 3. The number of aliphatic hydroxyl groups is 3. The Morgan fingerprint density at radius 2 is 1.89 bits per heavy atom. The van der Waals surface area contributed by atoms with E-state index >= 15 is 0 Å². The Balaban J connectivity index is 1.64. The second-order valence-electron chi connectivity index (χ2n) is 13.4. The summed E-state index contributed by atoms with van der Waals surface area (Å²) in [5.74, 6) is -0.642. The average Bonchev–Trinajstić information content (AvgIpc) is 3.32. The smallest absolute Gasteiger partial charge is 0.309 e. The number of ether oxygens (including phenoxy) is 1. The SMILES string of the molecule is CCCC(C)CCCC(C)C(=O)OC1C(C)=CC23C(=O)C(C=C(CO)C(O)C12O)C1C(CC3C)C1(C)C. The van der Waals surface area contributed by atoms with E-state index in [9.17, 15) is 24.9 Å². The summed E-state index contributed by atoms with van der Waals surface area (Å²) in [5.41, 5.74) is -2.65. The number of carbonyl (C=O) groups is 2. The minimum Gasteiger partial charge on any atom is -0.454 e. The fourth-order valence-corrected chi connectivity index (χ4v) is 8.35.